The molecule has 0 aromatic heterocycles. The SMILES string of the molecule is COc1cc(C)c(/N=C\C2Cc3ccccc3N2C)cc1OCc1cc(COc2cc3c(cc2OC)C(=O)N2c4ccccc4C[C@H]2CN3)cc(NC(=O)CCC(C)(C)SSCCC(C(=O)NCCN2C(=O)C=CC2=O)S(=O)(=O)O)c1. The third kappa shape index (κ3) is 13.8. The summed E-state index contributed by atoms with van der Waals surface area (Å²) in [6, 6.07) is 29.1. The summed E-state index contributed by atoms with van der Waals surface area (Å²) >= 11 is 0. The highest BCUT2D eigenvalue weighted by Gasteiger charge is 2.38. The predicted octanol–water partition coefficient (Wildman–Crippen LogP) is 8.50. The lowest BCUT2D eigenvalue weighted by Gasteiger charge is -2.23. The first-order valence-corrected chi connectivity index (χ1v) is 30.3. The molecule has 5 aromatic carbocycles. The van der Waals surface area contributed by atoms with E-state index in [4.69, 9.17) is 23.9 Å². The number of hydrogen-bond acceptors (Lipinski definition) is 16. The van der Waals surface area contributed by atoms with E-state index in [0.717, 1.165) is 52.4 Å². The summed E-state index contributed by atoms with van der Waals surface area (Å²) in [6.07, 6.45) is 6.08. The maximum atomic E-state index is 14.2. The monoisotopic (exact) mass is 1160 g/mol. The Morgan fingerprint density at radius 2 is 1.51 bits per heavy atom. The minimum atomic E-state index is -4.78. The van der Waals surface area contributed by atoms with Crippen LogP contribution in [0.5, 0.6) is 23.0 Å². The number of aryl methyl sites for hydroxylation is 1. The zero-order chi connectivity index (χ0) is 57.6. The van der Waals surface area contributed by atoms with E-state index >= 15 is 0 Å². The molecule has 3 atom stereocenters. The van der Waals surface area contributed by atoms with Gasteiger partial charge in [-0.2, -0.15) is 8.42 Å². The van der Waals surface area contributed by atoms with E-state index < -0.39 is 37.8 Å². The van der Waals surface area contributed by atoms with Crippen molar-refractivity contribution in [3.63, 3.8) is 0 Å². The molecule has 0 saturated heterocycles. The molecule has 19 nitrogen and oxygen atoms in total. The van der Waals surface area contributed by atoms with E-state index in [-0.39, 0.29) is 68.8 Å². The van der Waals surface area contributed by atoms with Gasteiger partial charge in [0, 0.05) is 91.2 Å². The average molecular weight is 1160 g/mol. The second-order valence-electron chi connectivity index (χ2n) is 20.7. The Bertz CT molecular complexity index is 3410. The average Bonchev–Trinajstić information content (AvgIpc) is 3.91. The Morgan fingerprint density at radius 1 is 0.864 bits per heavy atom. The van der Waals surface area contributed by atoms with Crippen molar-refractivity contribution in [2.45, 2.75) is 88.2 Å². The molecule has 4 aliphatic heterocycles. The van der Waals surface area contributed by atoms with Crippen LogP contribution in [0.2, 0.25) is 0 Å². The molecule has 0 radical (unpaired) electrons. The molecule has 426 valence electrons. The van der Waals surface area contributed by atoms with Gasteiger partial charge in [0.15, 0.2) is 28.2 Å². The van der Waals surface area contributed by atoms with Crippen molar-refractivity contribution in [1.82, 2.24) is 10.2 Å². The normalized spacial score (nSPS) is 16.8. The second-order valence-corrected chi connectivity index (χ2v) is 25.5. The molecule has 4 heterocycles. The van der Waals surface area contributed by atoms with E-state index in [2.05, 4.69) is 46.1 Å². The number of likely N-dealkylation sites (N-methyl/N-ethyl adjacent to an activating group) is 1. The summed E-state index contributed by atoms with van der Waals surface area (Å²) in [7, 11) is 3.11. The van der Waals surface area contributed by atoms with Gasteiger partial charge in [-0.25, -0.2) is 0 Å². The number of ether oxygens (including phenoxy) is 4. The van der Waals surface area contributed by atoms with E-state index in [0.29, 0.717) is 64.0 Å². The van der Waals surface area contributed by atoms with Crippen molar-refractivity contribution in [2.24, 2.45) is 4.99 Å². The van der Waals surface area contributed by atoms with Gasteiger partial charge in [-0.15, -0.1) is 0 Å². The molecule has 0 aliphatic carbocycles. The van der Waals surface area contributed by atoms with Gasteiger partial charge in [0.2, 0.25) is 11.8 Å². The number of nitrogens with zero attached hydrogens (tertiary/aromatic N) is 4. The molecule has 81 heavy (non-hydrogen) atoms. The number of hydrogen-bond donors (Lipinski definition) is 4. The summed E-state index contributed by atoms with van der Waals surface area (Å²) in [4.78, 5) is 74.4. The van der Waals surface area contributed by atoms with Crippen LogP contribution in [-0.2, 0) is 55.4 Å². The lowest BCUT2D eigenvalue weighted by Crippen LogP contribution is -2.44. The second kappa shape index (κ2) is 25.1. The minimum absolute atomic E-state index is 0.0491. The molecule has 2 unspecified atom stereocenters. The largest absolute Gasteiger partial charge is 0.493 e. The van der Waals surface area contributed by atoms with Crippen LogP contribution in [0.25, 0.3) is 0 Å². The van der Waals surface area contributed by atoms with Crippen molar-refractivity contribution in [3.05, 3.63) is 137 Å². The van der Waals surface area contributed by atoms with Gasteiger partial charge in [0.05, 0.1) is 43.2 Å². The molecule has 9 rings (SSSR count). The van der Waals surface area contributed by atoms with Gasteiger partial charge in [-0.05, 0) is 117 Å². The number of methoxy groups -OCH3 is 2. The number of fused-ring (bicyclic) bond motifs is 5. The van der Waals surface area contributed by atoms with Gasteiger partial charge in [-0.1, -0.05) is 58.0 Å². The molecular formula is C59H65N7O12S3. The molecule has 0 fully saturated rings. The highest BCUT2D eigenvalue weighted by molar-refractivity contribution is 8.77. The third-order valence-electron chi connectivity index (χ3n) is 14.5. The van der Waals surface area contributed by atoms with Crippen LogP contribution in [0.4, 0.5) is 28.4 Å². The van der Waals surface area contributed by atoms with Crippen LogP contribution in [0.3, 0.4) is 0 Å². The van der Waals surface area contributed by atoms with Gasteiger partial charge in [0.25, 0.3) is 27.8 Å². The number of carbonyl (C=O) groups excluding carboxylic acids is 5. The Kier molecular flexibility index (Phi) is 18.0. The zero-order valence-electron chi connectivity index (χ0n) is 45.9. The van der Waals surface area contributed by atoms with Gasteiger partial charge >= 0.3 is 0 Å². The smallest absolute Gasteiger partial charge is 0.276 e. The topological polar surface area (TPSA) is 235 Å². The number of anilines is 4. The quantitative estimate of drug-likeness (QED) is 0.0149. The number of benzene rings is 5. The van der Waals surface area contributed by atoms with Crippen LogP contribution in [0, 0.1) is 6.92 Å². The van der Waals surface area contributed by atoms with Gasteiger partial charge < -0.3 is 44.7 Å². The molecule has 4 aliphatic rings. The number of carbonyl (C=O) groups is 5. The maximum absolute atomic E-state index is 14.2. The third-order valence-corrected chi connectivity index (χ3v) is 19.1. The lowest BCUT2D eigenvalue weighted by molar-refractivity contribution is -0.137. The molecule has 0 bridgehead atoms. The fraction of sp³-hybridized carbons (Fsp3) is 0.356. The number of aliphatic imine (C=N–C) groups is 1. The highest BCUT2D eigenvalue weighted by Crippen LogP contribution is 2.43. The minimum Gasteiger partial charge on any atom is -0.493 e. The first kappa shape index (κ1) is 58.1. The highest BCUT2D eigenvalue weighted by atomic mass is 33.1. The molecule has 4 N–H and O–H groups in total. The number of rotatable bonds is 24. The number of nitrogens with one attached hydrogen (secondary N) is 3. The van der Waals surface area contributed by atoms with Crippen molar-refractivity contribution >= 4 is 95.9 Å². The van der Waals surface area contributed by atoms with E-state index in [1.54, 1.807) is 19.2 Å². The molecule has 0 saturated carbocycles. The Labute approximate surface area is 479 Å². The van der Waals surface area contributed by atoms with E-state index in [1.165, 1.54) is 39.9 Å². The van der Waals surface area contributed by atoms with Gasteiger partial charge in [-0.3, -0.25) is 38.4 Å². The summed E-state index contributed by atoms with van der Waals surface area (Å²) in [5.41, 5.74) is 9.12. The Balaban J connectivity index is 0.873. The first-order valence-electron chi connectivity index (χ1n) is 26.5. The number of imide groups is 1. The Hall–Kier alpha value is -7.53. The lowest BCUT2D eigenvalue weighted by atomic mass is 10.1. The van der Waals surface area contributed by atoms with Crippen LogP contribution < -0.4 is 44.7 Å². The van der Waals surface area contributed by atoms with Gasteiger partial charge in [0.1, 0.15) is 13.2 Å². The molecule has 22 heteroatoms. The first-order chi connectivity index (χ1) is 38.8. The standard InChI is InChI=1S/C59H65N7O12S3/c1-36-23-49(75-5)51(30-45(36)61-32-42-27-39-11-7-9-13-47(39)64(42)4)77-34-37-24-38(35-78-52-31-46-44(29-50(52)76-6)58(71)66-43(33-62-46)28-40-12-8-10-14-48(40)66)26-41(25-37)63-54(67)17-19-59(2,3)80-79-22-18-53(81(72,73)74)57(70)60-20-21-65-55(68)15-16-56(65)69/h7-16,23-26,29-32,42-43,53,62H,17-22,27-28,33-35H2,1-6H3,(H,60,70)(H,63,67)(H,72,73,74)/b61-32-/t42?,43-,53?/m0/s1. The zero-order valence-corrected chi connectivity index (χ0v) is 48.3. The molecular weight excluding hydrogens is 1090 g/mol. The number of para-hydroxylation sites is 2. The van der Waals surface area contributed by atoms with Crippen molar-refractivity contribution < 1.29 is 55.9 Å². The van der Waals surface area contributed by atoms with Crippen LogP contribution in [0.1, 0.15) is 71.3 Å². The Morgan fingerprint density at radius 3 is 2.17 bits per heavy atom. The fourth-order valence-electron chi connectivity index (χ4n) is 10.2. The van der Waals surface area contributed by atoms with Crippen LogP contribution in [-0.4, -0.2) is 122 Å². The van der Waals surface area contributed by atoms with Crippen molar-refractivity contribution in [3.8, 4) is 23.0 Å². The van der Waals surface area contributed by atoms with Crippen LogP contribution in [0.15, 0.2) is 108 Å². The summed E-state index contributed by atoms with van der Waals surface area (Å²) in [5, 5.41) is 7.18. The molecule has 0 spiro atoms. The number of amides is 5. The van der Waals surface area contributed by atoms with Crippen LogP contribution >= 0.6 is 21.6 Å². The summed E-state index contributed by atoms with van der Waals surface area (Å²) < 4.78 is 58.4. The van der Waals surface area contributed by atoms with E-state index in [9.17, 15) is 36.9 Å². The fourth-order valence-corrected chi connectivity index (χ4v) is 13.8. The predicted molar refractivity (Wildman–Crippen MR) is 316 cm³/mol. The maximum Gasteiger partial charge on any atom is 0.276 e. The summed E-state index contributed by atoms with van der Waals surface area (Å²) in [6.45, 7) is 6.18. The van der Waals surface area contributed by atoms with Crippen molar-refractivity contribution in [2.75, 3.05) is 67.1 Å². The summed E-state index contributed by atoms with van der Waals surface area (Å²) in [5.74, 6) is -0.463. The molecule has 5 aromatic rings. The molecule has 5 amide bonds. The van der Waals surface area contributed by atoms with E-state index in [1.807, 2.05) is 92.5 Å². The van der Waals surface area contributed by atoms with Crippen molar-refractivity contribution in [1.29, 1.82) is 0 Å².